The molecule has 112 valence electrons. The highest BCUT2D eigenvalue weighted by Gasteiger charge is 2.17. The maximum absolute atomic E-state index is 12.5. The molecule has 4 nitrogen and oxygen atoms in total. The standard InChI is InChI=1S/C17H23N3O/c1-10-11(2)13(4)16(14(5)12(10)3)17(21)19-7-6-15-8-18-9-20-15/h8-9H,6-7H2,1-5H3,(H,18,20)(H,19,21). The van der Waals surface area contributed by atoms with Crippen LogP contribution in [0.2, 0.25) is 0 Å². The molecule has 0 aliphatic heterocycles. The van der Waals surface area contributed by atoms with Crippen molar-refractivity contribution < 1.29 is 4.79 Å². The molecule has 2 N–H and O–H groups in total. The highest BCUT2D eigenvalue weighted by atomic mass is 16.1. The molecule has 0 unspecified atom stereocenters. The first-order chi connectivity index (χ1) is 9.93. The van der Waals surface area contributed by atoms with Gasteiger partial charge in [-0.1, -0.05) is 0 Å². The molecular weight excluding hydrogens is 262 g/mol. The zero-order valence-corrected chi connectivity index (χ0v) is 13.4. The van der Waals surface area contributed by atoms with Gasteiger partial charge in [-0.3, -0.25) is 4.79 Å². The second kappa shape index (κ2) is 6.12. The Kier molecular flexibility index (Phi) is 4.46. The number of amides is 1. The molecule has 0 fully saturated rings. The summed E-state index contributed by atoms with van der Waals surface area (Å²) in [6, 6.07) is 0. The predicted octanol–water partition coefficient (Wildman–Crippen LogP) is 2.92. The first-order valence-corrected chi connectivity index (χ1v) is 7.25. The number of aromatic amines is 1. The minimum absolute atomic E-state index is 0.00992. The van der Waals surface area contributed by atoms with Gasteiger partial charge in [0.25, 0.3) is 5.91 Å². The normalized spacial score (nSPS) is 10.7. The molecule has 0 atom stereocenters. The van der Waals surface area contributed by atoms with Crippen molar-refractivity contribution in [2.24, 2.45) is 0 Å². The van der Waals surface area contributed by atoms with Crippen LogP contribution >= 0.6 is 0 Å². The van der Waals surface area contributed by atoms with Gasteiger partial charge in [0.1, 0.15) is 0 Å². The van der Waals surface area contributed by atoms with Crippen molar-refractivity contribution in [2.75, 3.05) is 6.54 Å². The van der Waals surface area contributed by atoms with E-state index in [0.717, 1.165) is 28.8 Å². The lowest BCUT2D eigenvalue weighted by atomic mass is 9.89. The molecule has 1 heterocycles. The van der Waals surface area contributed by atoms with Crippen molar-refractivity contribution in [1.29, 1.82) is 0 Å². The first-order valence-electron chi connectivity index (χ1n) is 7.25. The molecule has 0 radical (unpaired) electrons. The molecule has 21 heavy (non-hydrogen) atoms. The summed E-state index contributed by atoms with van der Waals surface area (Å²) in [6.45, 7) is 10.9. The summed E-state index contributed by atoms with van der Waals surface area (Å²) in [4.78, 5) is 19.5. The molecule has 0 aliphatic rings. The summed E-state index contributed by atoms with van der Waals surface area (Å²) in [7, 11) is 0. The van der Waals surface area contributed by atoms with E-state index in [0.29, 0.717) is 6.54 Å². The maximum atomic E-state index is 12.5. The third-order valence-electron chi connectivity index (χ3n) is 4.46. The zero-order valence-electron chi connectivity index (χ0n) is 13.4. The second-order valence-corrected chi connectivity index (χ2v) is 5.58. The Balaban J connectivity index is 2.16. The van der Waals surface area contributed by atoms with Crippen molar-refractivity contribution in [3.05, 3.63) is 51.6 Å². The number of hydrogen-bond donors (Lipinski definition) is 2. The first kappa shape index (κ1) is 15.3. The molecule has 1 amide bonds. The van der Waals surface area contributed by atoms with E-state index in [9.17, 15) is 4.79 Å². The predicted molar refractivity (Wildman–Crippen MR) is 84.8 cm³/mol. The van der Waals surface area contributed by atoms with E-state index in [2.05, 4.69) is 36.1 Å². The third kappa shape index (κ3) is 2.99. The number of H-pyrrole nitrogens is 1. The van der Waals surface area contributed by atoms with E-state index in [4.69, 9.17) is 0 Å². The maximum Gasteiger partial charge on any atom is 0.251 e. The third-order valence-corrected chi connectivity index (χ3v) is 4.46. The van der Waals surface area contributed by atoms with Crippen LogP contribution in [0.5, 0.6) is 0 Å². The Bertz CT molecular complexity index is 628. The quantitative estimate of drug-likeness (QED) is 0.907. The zero-order chi connectivity index (χ0) is 15.6. The van der Waals surface area contributed by atoms with Crippen LogP contribution in [0.3, 0.4) is 0 Å². The van der Waals surface area contributed by atoms with Crippen LogP contribution in [0, 0.1) is 34.6 Å². The second-order valence-electron chi connectivity index (χ2n) is 5.58. The van der Waals surface area contributed by atoms with Crippen LogP contribution in [0.25, 0.3) is 0 Å². The van der Waals surface area contributed by atoms with Crippen LogP contribution in [-0.4, -0.2) is 22.4 Å². The number of imidazole rings is 1. The number of carbonyl (C=O) groups is 1. The fraction of sp³-hybridized carbons (Fsp3) is 0.412. The van der Waals surface area contributed by atoms with Crippen LogP contribution < -0.4 is 5.32 Å². The highest BCUT2D eigenvalue weighted by molar-refractivity contribution is 5.98. The minimum atomic E-state index is 0.00992. The molecule has 2 aromatic rings. The average Bonchev–Trinajstić information content (AvgIpc) is 2.96. The van der Waals surface area contributed by atoms with Gasteiger partial charge in [-0.2, -0.15) is 0 Å². The van der Waals surface area contributed by atoms with E-state index in [1.807, 2.05) is 13.8 Å². The number of nitrogens with one attached hydrogen (secondary N) is 2. The minimum Gasteiger partial charge on any atom is -0.352 e. The number of aromatic nitrogens is 2. The number of benzene rings is 1. The number of rotatable bonds is 4. The van der Waals surface area contributed by atoms with Gasteiger partial charge in [-0.15, -0.1) is 0 Å². The Morgan fingerprint density at radius 3 is 2.14 bits per heavy atom. The summed E-state index contributed by atoms with van der Waals surface area (Å²) >= 11 is 0. The summed E-state index contributed by atoms with van der Waals surface area (Å²) in [5, 5.41) is 3.01. The topological polar surface area (TPSA) is 57.8 Å². The van der Waals surface area contributed by atoms with Gasteiger partial charge in [0.15, 0.2) is 0 Å². The van der Waals surface area contributed by atoms with Crippen LogP contribution in [0.4, 0.5) is 0 Å². The van der Waals surface area contributed by atoms with Gasteiger partial charge in [0.05, 0.1) is 6.33 Å². The SMILES string of the molecule is Cc1c(C)c(C)c(C(=O)NCCc2cnc[nH]2)c(C)c1C. The van der Waals surface area contributed by atoms with Gasteiger partial charge in [0, 0.05) is 30.4 Å². The number of hydrogen-bond acceptors (Lipinski definition) is 2. The highest BCUT2D eigenvalue weighted by Crippen LogP contribution is 2.25. The number of nitrogens with zero attached hydrogens (tertiary/aromatic N) is 1. The molecule has 1 aromatic carbocycles. The molecule has 4 heteroatoms. The fourth-order valence-corrected chi connectivity index (χ4v) is 2.66. The lowest BCUT2D eigenvalue weighted by Crippen LogP contribution is -2.28. The van der Waals surface area contributed by atoms with Crippen molar-refractivity contribution in [3.8, 4) is 0 Å². The van der Waals surface area contributed by atoms with Gasteiger partial charge in [0.2, 0.25) is 0 Å². The Labute approximate surface area is 126 Å². The van der Waals surface area contributed by atoms with Crippen molar-refractivity contribution in [3.63, 3.8) is 0 Å². The smallest absolute Gasteiger partial charge is 0.251 e. The Morgan fingerprint density at radius 2 is 1.62 bits per heavy atom. The van der Waals surface area contributed by atoms with Crippen molar-refractivity contribution >= 4 is 5.91 Å². The molecular formula is C17H23N3O. The summed E-state index contributed by atoms with van der Waals surface area (Å²) in [6.07, 6.45) is 4.19. The monoisotopic (exact) mass is 285 g/mol. The Morgan fingerprint density at radius 1 is 1.05 bits per heavy atom. The lowest BCUT2D eigenvalue weighted by molar-refractivity contribution is 0.0952. The number of carbonyl (C=O) groups excluding carboxylic acids is 1. The van der Waals surface area contributed by atoms with Gasteiger partial charge in [-0.05, 0) is 62.4 Å². The van der Waals surface area contributed by atoms with Crippen molar-refractivity contribution in [1.82, 2.24) is 15.3 Å². The lowest BCUT2D eigenvalue weighted by Gasteiger charge is -2.18. The summed E-state index contributed by atoms with van der Waals surface area (Å²) in [5.41, 5.74) is 7.69. The molecule has 0 saturated carbocycles. The van der Waals surface area contributed by atoms with E-state index in [1.165, 1.54) is 16.7 Å². The average molecular weight is 285 g/mol. The molecule has 0 aliphatic carbocycles. The van der Waals surface area contributed by atoms with Crippen LogP contribution in [0.15, 0.2) is 12.5 Å². The van der Waals surface area contributed by atoms with E-state index >= 15 is 0 Å². The van der Waals surface area contributed by atoms with Crippen LogP contribution in [-0.2, 0) is 6.42 Å². The van der Waals surface area contributed by atoms with Gasteiger partial charge >= 0.3 is 0 Å². The molecule has 0 spiro atoms. The van der Waals surface area contributed by atoms with Gasteiger partial charge in [-0.25, -0.2) is 4.98 Å². The summed E-state index contributed by atoms with van der Waals surface area (Å²) < 4.78 is 0. The summed E-state index contributed by atoms with van der Waals surface area (Å²) in [5.74, 6) is 0.00992. The fourth-order valence-electron chi connectivity index (χ4n) is 2.66. The van der Waals surface area contributed by atoms with E-state index < -0.39 is 0 Å². The van der Waals surface area contributed by atoms with Crippen LogP contribution in [0.1, 0.15) is 43.9 Å². The largest absolute Gasteiger partial charge is 0.352 e. The Hall–Kier alpha value is -2.10. The van der Waals surface area contributed by atoms with E-state index in [1.54, 1.807) is 12.5 Å². The molecule has 1 aromatic heterocycles. The molecule has 0 saturated heterocycles. The van der Waals surface area contributed by atoms with E-state index in [-0.39, 0.29) is 5.91 Å². The van der Waals surface area contributed by atoms with Gasteiger partial charge < -0.3 is 10.3 Å². The molecule has 2 rings (SSSR count). The molecule has 0 bridgehead atoms. The van der Waals surface area contributed by atoms with Crippen molar-refractivity contribution in [2.45, 2.75) is 41.0 Å².